The van der Waals surface area contributed by atoms with Gasteiger partial charge in [-0.05, 0) is 60.6 Å². The minimum atomic E-state index is -1.15. The van der Waals surface area contributed by atoms with Gasteiger partial charge in [-0.3, -0.25) is 14.4 Å². The van der Waals surface area contributed by atoms with Gasteiger partial charge in [0.1, 0.15) is 5.78 Å². The van der Waals surface area contributed by atoms with Gasteiger partial charge < -0.3 is 31.2 Å². The number of aryl methyl sites for hydroxylation is 2. The zero-order valence-corrected chi connectivity index (χ0v) is 20.1. The summed E-state index contributed by atoms with van der Waals surface area (Å²) in [6.07, 6.45) is 0.472. The molecule has 0 unspecified atom stereocenters. The molecule has 2 aromatic carbocycles. The Labute approximate surface area is 213 Å². The van der Waals surface area contributed by atoms with Crippen molar-refractivity contribution < 1.29 is 38.9 Å². The molecule has 6 N–H and O–H groups in total. The number of carboxylic acids is 2. The number of carbonyl (C=O) groups is 4. The Morgan fingerprint density at radius 1 is 1.03 bits per heavy atom. The lowest BCUT2D eigenvalue weighted by molar-refractivity contribution is -0.140. The first-order valence-corrected chi connectivity index (χ1v) is 11.8. The number of nitrogens with zero attached hydrogens (tertiary/aromatic N) is 1. The number of nitrogens with two attached hydrogens (primary N) is 2. The van der Waals surface area contributed by atoms with Crippen LogP contribution in [0.2, 0.25) is 0 Å². The number of fused-ring (bicyclic) bond motifs is 2. The second-order valence-corrected chi connectivity index (χ2v) is 8.77. The quantitative estimate of drug-likeness (QED) is 0.159. The summed E-state index contributed by atoms with van der Waals surface area (Å²) in [5.74, 6) is -3.44. The van der Waals surface area contributed by atoms with Crippen LogP contribution >= 0.6 is 0 Å². The minimum absolute atomic E-state index is 0.0555. The Bertz CT molecular complexity index is 1200. The van der Waals surface area contributed by atoms with Gasteiger partial charge in [-0.2, -0.15) is 0 Å². The molecule has 0 radical (unpaired) electrons. The van der Waals surface area contributed by atoms with Gasteiger partial charge in [-0.25, -0.2) is 9.79 Å². The first kappa shape index (κ1) is 27.2. The number of ketones is 1. The topological polar surface area (TPSA) is 192 Å². The third-order valence-corrected chi connectivity index (χ3v) is 5.78. The predicted molar refractivity (Wildman–Crippen MR) is 133 cm³/mol. The number of hydrogen-bond donors (Lipinski definition) is 4. The Morgan fingerprint density at radius 3 is 2.43 bits per heavy atom. The number of ether oxygens (including phenoxy) is 2. The Morgan fingerprint density at radius 2 is 1.76 bits per heavy atom. The first-order valence-electron chi connectivity index (χ1n) is 11.8. The number of benzene rings is 2. The van der Waals surface area contributed by atoms with Crippen molar-refractivity contribution in [3.05, 3.63) is 53.1 Å². The summed E-state index contributed by atoms with van der Waals surface area (Å²) in [6.45, 7) is 0.320. The molecule has 0 spiro atoms. The molecule has 1 heterocycles. The number of para-hydroxylation sites is 1. The molecule has 0 fully saturated rings. The lowest BCUT2D eigenvalue weighted by Gasteiger charge is -2.19. The highest BCUT2D eigenvalue weighted by Crippen LogP contribution is 2.34. The third-order valence-electron chi connectivity index (χ3n) is 5.78. The van der Waals surface area contributed by atoms with Crippen LogP contribution in [0.1, 0.15) is 53.6 Å². The summed E-state index contributed by atoms with van der Waals surface area (Å²) in [6, 6.07) is 9.99. The molecule has 11 nitrogen and oxygen atoms in total. The molecule has 0 aliphatic carbocycles. The third kappa shape index (κ3) is 8.06. The molecule has 0 saturated heterocycles. The average Bonchev–Trinajstić information content (AvgIpc) is 2.80. The minimum Gasteiger partial charge on any atom is -0.489 e. The highest BCUT2D eigenvalue weighted by Gasteiger charge is 2.23. The standard InChI is InChI=1S/C26H29N3O8/c27-26(28)29-18-7-9-20-17(14-18)4-2-10-36-24-16(3-1-5-21(24)37-25(20)35)6-8-19(30)11-15(12-22(31)32)13-23(33)34/h1,3,5,7,9,14-15H,2,4,6,8,10-13H2,(H,31,32)(H,33,34)(H4,27,28,29). The average molecular weight is 512 g/mol. The maximum atomic E-state index is 13.0. The molecule has 0 atom stereocenters. The van der Waals surface area contributed by atoms with E-state index in [2.05, 4.69) is 4.99 Å². The van der Waals surface area contributed by atoms with Crippen LogP contribution in [0.25, 0.3) is 0 Å². The number of esters is 1. The summed E-state index contributed by atoms with van der Waals surface area (Å²) < 4.78 is 11.6. The number of aliphatic imine (C=N–C) groups is 1. The molecule has 196 valence electrons. The summed E-state index contributed by atoms with van der Waals surface area (Å²) in [5, 5.41) is 18.0. The fraction of sp³-hybridized carbons (Fsp3) is 0.346. The Balaban J connectivity index is 1.76. The molecule has 3 rings (SSSR count). The molecule has 0 amide bonds. The van der Waals surface area contributed by atoms with Gasteiger partial charge in [0.15, 0.2) is 17.5 Å². The van der Waals surface area contributed by atoms with E-state index in [0.717, 1.165) is 5.56 Å². The van der Waals surface area contributed by atoms with E-state index in [9.17, 15) is 19.2 Å². The maximum Gasteiger partial charge on any atom is 0.343 e. The van der Waals surface area contributed by atoms with Crippen molar-refractivity contribution in [3.63, 3.8) is 0 Å². The van der Waals surface area contributed by atoms with Crippen molar-refractivity contribution >= 4 is 35.3 Å². The van der Waals surface area contributed by atoms with E-state index in [1.54, 1.807) is 36.4 Å². The molecule has 0 aromatic heterocycles. The van der Waals surface area contributed by atoms with Gasteiger partial charge >= 0.3 is 17.9 Å². The normalized spacial score (nSPS) is 12.9. The van der Waals surface area contributed by atoms with Gasteiger partial charge in [0.05, 0.1) is 17.9 Å². The van der Waals surface area contributed by atoms with Crippen LogP contribution in [0, 0.1) is 5.92 Å². The highest BCUT2D eigenvalue weighted by atomic mass is 16.6. The summed E-state index contributed by atoms with van der Waals surface area (Å²) in [7, 11) is 0. The van der Waals surface area contributed by atoms with Crippen LogP contribution in [0.15, 0.2) is 41.4 Å². The fourth-order valence-electron chi connectivity index (χ4n) is 4.21. The van der Waals surface area contributed by atoms with E-state index in [-0.39, 0.29) is 36.8 Å². The van der Waals surface area contributed by atoms with Crippen molar-refractivity contribution in [1.29, 1.82) is 0 Å². The molecular formula is C26H29N3O8. The number of aliphatic carboxylic acids is 2. The van der Waals surface area contributed by atoms with Crippen molar-refractivity contribution in [3.8, 4) is 11.5 Å². The van der Waals surface area contributed by atoms with E-state index in [1.807, 2.05) is 0 Å². The number of carboxylic acid groups (broad SMARTS) is 2. The second kappa shape index (κ2) is 12.5. The maximum absolute atomic E-state index is 13.0. The summed E-state index contributed by atoms with van der Waals surface area (Å²) in [5.41, 5.74) is 13.2. The molecule has 1 aliphatic rings. The largest absolute Gasteiger partial charge is 0.489 e. The smallest absolute Gasteiger partial charge is 0.343 e. The molecule has 0 saturated carbocycles. The number of hydrogen-bond acceptors (Lipinski definition) is 7. The van der Waals surface area contributed by atoms with Gasteiger partial charge in [-0.1, -0.05) is 12.1 Å². The van der Waals surface area contributed by atoms with Crippen molar-refractivity contribution in [2.75, 3.05) is 6.61 Å². The van der Waals surface area contributed by atoms with E-state index in [1.165, 1.54) is 0 Å². The van der Waals surface area contributed by atoms with Crippen LogP contribution < -0.4 is 20.9 Å². The number of Topliss-reactive ketones (excluding diaryl/α,β-unsaturated/α-hetero) is 1. The molecular weight excluding hydrogens is 482 g/mol. The SMILES string of the molecule is NC(N)=Nc1ccc2c(c1)CCCOc1c(CCC(=O)CC(CC(=O)O)CC(=O)O)cccc1OC2=O. The van der Waals surface area contributed by atoms with E-state index >= 15 is 0 Å². The Hall–Kier alpha value is -4.41. The van der Waals surface area contributed by atoms with Crippen molar-refractivity contribution in [1.82, 2.24) is 0 Å². The monoisotopic (exact) mass is 511 g/mol. The van der Waals surface area contributed by atoms with Gasteiger partial charge in [0.25, 0.3) is 0 Å². The second-order valence-electron chi connectivity index (χ2n) is 8.77. The highest BCUT2D eigenvalue weighted by molar-refractivity contribution is 5.94. The Kier molecular flexibility index (Phi) is 9.20. The lowest BCUT2D eigenvalue weighted by Crippen LogP contribution is -2.22. The van der Waals surface area contributed by atoms with Crippen LogP contribution in [0.5, 0.6) is 11.5 Å². The number of guanidine groups is 1. The molecule has 0 bridgehead atoms. The summed E-state index contributed by atoms with van der Waals surface area (Å²) >= 11 is 0. The van der Waals surface area contributed by atoms with Crippen molar-refractivity contribution in [2.45, 2.75) is 44.9 Å². The van der Waals surface area contributed by atoms with Crippen LogP contribution in [-0.4, -0.2) is 46.5 Å². The van der Waals surface area contributed by atoms with Gasteiger partial charge in [-0.15, -0.1) is 0 Å². The number of carbonyl (C=O) groups excluding carboxylic acids is 2. The van der Waals surface area contributed by atoms with Crippen LogP contribution in [0.4, 0.5) is 5.69 Å². The summed E-state index contributed by atoms with van der Waals surface area (Å²) in [4.78, 5) is 51.5. The zero-order chi connectivity index (χ0) is 26.9. The lowest BCUT2D eigenvalue weighted by atomic mass is 9.93. The fourth-order valence-corrected chi connectivity index (χ4v) is 4.21. The van der Waals surface area contributed by atoms with Gasteiger partial charge in [0, 0.05) is 25.7 Å². The van der Waals surface area contributed by atoms with Crippen LogP contribution in [-0.2, 0) is 27.2 Å². The first-order chi connectivity index (χ1) is 17.6. The van der Waals surface area contributed by atoms with E-state index in [4.69, 9.17) is 31.2 Å². The molecule has 37 heavy (non-hydrogen) atoms. The van der Waals surface area contributed by atoms with Crippen molar-refractivity contribution in [2.24, 2.45) is 22.4 Å². The van der Waals surface area contributed by atoms with E-state index in [0.29, 0.717) is 42.0 Å². The molecule has 1 aliphatic heterocycles. The van der Waals surface area contributed by atoms with Crippen LogP contribution in [0.3, 0.4) is 0 Å². The molecule has 11 heteroatoms. The molecule has 2 aromatic rings. The number of rotatable bonds is 10. The zero-order valence-electron chi connectivity index (χ0n) is 20.1. The predicted octanol–water partition coefficient (Wildman–Crippen LogP) is 2.59. The van der Waals surface area contributed by atoms with E-state index < -0.39 is 36.7 Å². The van der Waals surface area contributed by atoms with Gasteiger partial charge in [0.2, 0.25) is 0 Å².